The lowest BCUT2D eigenvalue weighted by atomic mass is 9.82. The van der Waals surface area contributed by atoms with Crippen molar-refractivity contribution in [1.29, 1.82) is 0 Å². The maximum Gasteiger partial charge on any atom is 0.231 e. The van der Waals surface area contributed by atoms with Crippen molar-refractivity contribution in [3.8, 4) is 0 Å². The Morgan fingerprint density at radius 1 is 1.47 bits per heavy atom. The summed E-state index contributed by atoms with van der Waals surface area (Å²) in [5.41, 5.74) is 0.749. The van der Waals surface area contributed by atoms with Gasteiger partial charge in [-0.15, -0.1) is 12.4 Å². The number of aryl methyl sites for hydroxylation is 1. The molecule has 1 saturated heterocycles. The van der Waals surface area contributed by atoms with Crippen LogP contribution in [-0.2, 0) is 4.79 Å². The Balaban J connectivity index is 0.00000180. The van der Waals surface area contributed by atoms with Crippen molar-refractivity contribution in [1.82, 2.24) is 5.32 Å². The van der Waals surface area contributed by atoms with Crippen molar-refractivity contribution in [2.75, 3.05) is 18.4 Å². The van der Waals surface area contributed by atoms with E-state index in [4.69, 9.17) is 0 Å². The molecule has 2 rings (SSSR count). The van der Waals surface area contributed by atoms with Crippen LogP contribution in [0.2, 0.25) is 0 Å². The number of halogens is 2. The van der Waals surface area contributed by atoms with E-state index in [2.05, 4.69) is 10.6 Å². The highest BCUT2D eigenvalue weighted by Crippen LogP contribution is 2.28. The second-order valence-corrected chi connectivity index (χ2v) is 5.28. The van der Waals surface area contributed by atoms with Gasteiger partial charge in [0, 0.05) is 6.54 Å². The van der Waals surface area contributed by atoms with Gasteiger partial charge in [0.1, 0.15) is 5.82 Å². The quantitative estimate of drug-likeness (QED) is 0.878. The van der Waals surface area contributed by atoms with Gasteiger partial charge in [-0.3, -0.25) is 4.79 Å². The number of benzene rings is 1. The van der Waals surface area contributed by atoms with Crippen LogP contribution in [0.25, 0.3) is 0 Å². The Morgan fingerprint density at radius 2 is 2.21 bits per heavy atom. The predicted molar refractivity (Wildman–Crippen MR) is 77.2 cm³/mol. The maximum absolute atomic E-state index is 13.6. The molecule has 1 aromatic rings. The van der Waals surface area contributed by atoms with E-state index in [1.54, 1.807) is 12.1 Å². The number of piperidine rings is 1. The largest absolute Gasteiger partial charge is 0.323 e. The summed E-state index contributed by atoms with van der Waals surface area (Å²) in [5.74, 6) is -0.500. The Bertz CT molecular complexity index is 459. The van der Waals surface area contributed by atoms with E-state index >= 15 is 0 Å². The van der Waals surface area contributed by atoms with Gasteiger partial charge in [0.05, 0.1) is 11.1 Å². The normalized spacial score (nSPS) is 22.5. The number of anilines is 1. The van der Waals surface area contributed by atoms with Gasteiger partial charge in [-0.05, 0) is 50.9 Å². The van der Waals surface area contributed by atoms with Crippen LogP contribution in [0.5, 0.6) is 0 Å². The molecule has 1 aliphatic rings. The Morgan fingerprint density at radius 3 is 2.84 bits per heavy atom. The third-order valence-corrected chi connectivity index (χ3v) is 3.52. The molecular formula is C14H20ClFN2O. The standard InChI is InChI=1S/C14H19FN2O.ClH/c1-10-4-5-11(15)12(8-10)17-13(18)14(2)6-3-7-16-9-14;/h4-5,8,16H,3,6-7,9H2,1-2H3,(H,17,18);1H. The average molecular weight is 287 g/mol. The molecule has 19 heavy (non-hydrogen) atoms. The molecule has 1 unspecified atom stereocenters. The molecule has 0 spiro atoms. The van der Waals surface area contributed by atoms with E-state index in [0.29, 0.717) is 6.54 Å². The fourth-order valence-corrected chi connectivity index (χ4v) is 2.26. The number of nitrogens with one attached hydrogen (secondary N) is 2. The van der Waals surface area contributed by atoms with E-state index in [1.165, 1.54) is 6.07 Å². The van der Waals surface area contributed by atoms with Crippen LogP contribution in [0.15, 0.2) is 18.2 Å². The Kier molecular flexibility index (Phi) is 5.32. The number of hydrogen-bond acceptors (Lipinski definition) is 2. The molecule has 0 saturated carbocycles. The van der Waals surface area contributed by atoms with Crippen molar-refractivity contribution in [2.24, 2.45) is 5.41 Å². The zero-order valence-corrected chi connectivity index (χ0v) is 12.1. The summed E-state index contributed by atoms with van der Waals surface area (Å²) in [6.07, 6.45) is 1.81. The summed E-state index contributed by atoms with van der Waals surface area (Å²) >= 11 is 0. The topological polar surface area (TPSA) is 41.1 Å². The van der Waals surface area contributed by atoms with Crippen molar-refractivity contribution >= 4 is 24.0 Å². The van der Waals surface area contributed by atoms with Gasteiger partial charge in [-0.2, -0.15) is 0 Å². The number of rotatable bonds is 2. The molecule has 3 nitrogen and oxygen atoms in total. The van der Waals surface area contributed by atoms with E-state index in [-0.39, 0.29) is 29.8 Å². The van der Waals surface area contributed by atoms with Crippen molar-refractivity contribution in [2.45, 2.75) is 26.7 Å². The van der Waals surface area contributed by atoms with Crippen molar-refractivity contribution in [3.63, 3.8) is 0 Å². The van der Waals surface area contributed by atoms with E-state index in [9.17, 15) is 9.18 Å². The smallest absolute Gasteiger partial charge is 0.231 e. The lowest BCUT2D eigenvalue weighted by molar-refractivity contribution is -0.125. The highest BCUT2D eigenvalue weighted by Gasteiger charge is 2.34. The summed E-state index contributed by atoms with van der Waals surface area (Å²) in [6, 6.07) is 4.73. The minimum atomic E-state index is -0.450. The Hall–Kier alpha value is -1.13. The first-order valence-electron chi connectivity index (χ1n) is 6.30. The summed E-state index contributed by atoms with van der Waals surface area (Å²) in [4.78, 5) is 12.2. The molecule has 1 atom stereocenters. The fourth-order valence-electron chi connectivity index (χ4n) is 2.26. The number of amides is 1. The van der Waals surface area contributed by atoms with Gasteiger partial charge in [-0.25, -0.2) is 4.39 Å². The first-order valence-corrected chi connectivity index (χ1v) is 6.30. The predicted octanol–water partition coefficient (Wildman–Crippen LogP) is 2.88. The van der Waals surface area contributed by atoms with Gasteiger partial charge < -0.3 is 10.6 Å². The molecule has 0 radical (unpaired) electrons. The third-order valence-electron chi connectivity index (χ3n) is 3.52. The zero-order chi connectivity index (χ0) is 13.2. The van der Waals surface area contributed by atoms with Crippen LogP contribution in [0, 0.1) is 18.2 Å². The zero-order valence-electron chi connectivity index (χ0n) is 11.3. The van der Waals surface area contributed by atoms with Gasteiger partial charge in [-0.1, -0.05) is 6.07 Å². The van der Waals surface area contributed by atoms with Crippen LogP contribution < -0.4 is 10.6 Å². The number of carbonyl (C=O) groups is 1. The number of carbonyl (C=O) groups excluding carboxylic acids is 1. The Labute approximate surface area is 119 Å². The molecule has 1 amide bonds. The first-order chi connectivity index (χ1) is 8.51. The van der Waals surface area contributed by atoms with E-state index in [0.717, 1.165) is 24.9 Å². The first kappa shape index (κ1) is 15.9. The highest BCUT2D eigenvalue weighted by molar-refractivity contribution is 5.95. The minimum absolute atomic E-state index is 0. The van der Waals surface area contributed by atoms with Gasteiger partial charge >= 0.3 is 0 Å². The molecule has 5 heteroatoms. The SMILES string of the molecule is Cc1ccc(F)c(NC(=O)C2(C)CCCNC2)c1.Cl. The van der Waals surface area contributed by atoms with E-state index in [1.807, 2.05) is 13.8 Å². The molecule has 1 fully saturated rings. The number of hydrogen-bond donors (Lipinski definition) is 2. The van der Waals surface area contributed by atoms with Gasteiger partial charge in [0.2, 0.25) is 5.91 Å². The van der Waals surface area contributed by atoms with Crippen LogP contribution in [0.1, 0.15) is 25.3 Å². The highest BCUT2D eigenvalue weighted by atomic mass is 35.5. The molecule has 0 aromatic heterocycles. The van der Waals surface area contributed by atoms with Crippen molar-refractivity contribution < 1.29 is 9.18 Å². The van der Waals surface area contributed by atoms with Gasteiger partial charge in [0.25, 0.3) is 0 Å². The summed E-state index contributed by atoms with van der Waals surface area (Å²) in [5, 5.41) is 5.92. The molecule has 2 N–H and O–H groups in total. The minimum Gasteiger partial charge on any atom is -0.323 e. The summed E-state index contributed by atoms with van der Waals surface area (Å²) < 4.78 is 13.6. The maximum atomic E-state index is 13.6. The summed E-state index contributed by atoms with van der Waals surface area (Å²) in [6.45, 7) is 5.38. The summed E-state index contributed by atoms with van der Waals surface area (Å²) in [7, 11) is 0. The molecule has 0 aliphatic carbocycles. The van der Waals surface area contributed by atoms with Crippen LogP contribution in [0.4, 0.5) is 10.1 Å². The van der Waals surface area contributed by atoms with Crippen molar-refractivity contribution in [3.05, 3.63) is 29.6 Å². The molecule has 1 aromatic carbocycles. The molecule has 106 valence electrons. The lowest BCUT2D eigenvalue weighted by Crippen LogP contribution is -2.46. The van der Waals surface area contributed by atoms with Crippen LogP contribution in [-0.4, -0.2) is 19.0 Å². The van der Waals surface area contributed by atoms with Crippen LogP contribution in [0.3, 0.4) is 0 Å². The third kappa shape index (κ3) is 3.67. The monoisotopic (exact) mass is 286 g/mol. The molecule has 1 aliphatic heterocycles. The van der Waals surface area contributed by atoms with E-state index < -0.39 is 5.41 Å². The van der Waals surface area contributed by atoms with Crippen LogP contribution >= 0.6 is 12.4 Å². The molecular weight excluding hydrogens is 267 g/mol. The molecule has 0 bridgehead atoms. The fraction of sp³-hybridized carbons (Fsp3) is 0.500. The molecule has 1 heterocycles. The van der Waals surface area contributed by atoms with Gasteiger partial charge in [0.15, 0.2) is 0 Å². The second kappa shape index (κ2) is 6.35. The second-order valence-electron chi connectivity index (χ2n) is 5.28. The lowest BCUT2D eigenvalue weighted by Gasteiger charge is -2.32. The average Bonchev–Trinajstić information content (AvgIpc) is 2.35.